The van der Waals surface area contributed by atoms with Crippen LogP contribution in [0, 0.1) is 11.3 Å². The molecule has 1 nitrogen and oxygen atoms in total. The van der Waals surface area contributed by atoms with Crippen molar-refractivity contribution in [2.24, 2.45) is 0 Å². The van der Waals surface area contributed by atoms with E-state index >= 15 is 0 Å². The van der Waals surface area contributed by atoms with Gasteiger partial charge in [-0.25, -0.2) is 0 Å². The molecule has 0 aromatic heterocycles. The van der Waals surface area contributed by atoms with Crippen molar-refractivity contribution in [1.29, 1.82) is 5.26 Å². The third-order valence-corrected chi connectivity index (χ3v) is 3.46. The fraction of sp³-hybridized carbons (Fsp3) is 0.133. The quantitative estimate of drug-likeness (QED) is 0.586. The lowest BCUT2D eigenvalue weighted by atomic mass is 9.95. The van der Waals surface area contributed by atoms with Crippen LogP contribution in [0.5, 0.6) is 0 Å². The van der Waals surface area contributed by atoms with Crippen LogP contribution in [0.2, 0.25) is 5.02 Å². The molecular formula is C15H6ClF6N. The van der Waals surface area contributed by atoms with E-state index in [4.69, 9.17) is 16.9 Å². The van der Waals surface area contributed by atoms with Gasteiger partial charge >= 0.3 is 12.4 Å². The van der Waals surface area contributed by atoms with Crippen LogP contribution >= 0.6 is 11.6 Å². The molecule has 0 aliphatic carbocycles. The Morgan fingerprint density at radius 2 is 1.43 bits per heavy atom. The summed E-state index contributed by atoms with van der Waals surface area (Å²) in [7, 11) is 0. The second-order valence-electron chi connectivity index (χ2n) is 4.53. The van der Waals surface area contributed by atoms with E-state index in [0.29, 0.717) is 12.1 Å². The predicted octanol–water partition coefficient (Wildman–Crippen LogP) is 5.92. The van der Waals surface area contributed by atoms with Gasteiger partial charge in [0.05, 0.1) is 27.8 Å². The van der Waals surface area contributed by atoms with E-state index in [0.717, 1.165) is 24.3 Å². The van der Waals surface area contributed by atoms with Gasteiger partial charge in [0.25, 0.3) is 0 Å². The Bertz CT molecular complexity index is 786. The van der Waals surface area contributed by atoms with Crippen molar-refractivity contribution in [3.05, 3.63) is 58.1 Å². The van der Waals surface area contributed by atoms with Gasteiger partial charge in [-0.3, -0.25) is 0 Å². The normalized spacial score (nSPS) is 12.1. The highest BCUT2D eigenvalue weighted by Gasteiger charge is 2.37. The number of benzene rings is 2. The van der Waals surface area contributed by atoms with E-state index in [1.165, 1.54) is 0 Å². The van der Waals surface area contributed by atoms with E-state index in [1.54, 1.807) is 6.07 Å². The minimum absolute atomic E-state index is 0.124. The molecule has 0 spiro atoms. The molecule has 0 unspecified atom stereocenters. The molecule has 0 aliphatic heterocycles. The highest BCUT2D eigenvalue weighted by atomic mass is 35.5. The Hall–Kier alpha value is -2.20. The van der Waals surface area contributed by atoms with Gasteiger partial charge in [0.1, 0.15) is 0 Å². The number of nitriles is 1. The van der Waals surface area contributed by atoms with Crippen molar-refractivity contribution in [2.45, 2.75) is 12.4 Å². The van der Waals surface area contributed by atoms with Crippen LogP contribution in [0.25, 0.3) is 11.1 Å². The summed E-state index contributed by atoms with van der Waals surface area (Å²) in [5.74, 6) is 0. The average Bonchev–Trinajstić information content (AvgIpc) is 2.44. The van der Waals surface area contributed by atoms with E-state index in [1.807, 2.05) is 0 Å². The maximum Gasteiger partial charge on any atom is 0.417 e. The van der Waals surface area contributed by atoms with E-state index in [9.17, 15) is 26.3 Å². The molecule has 0 radical (unpaired) electrons. The molecule has 2 aromatic carbocycles. The standard InChI is InChI=1S/C15H6ClF6N/c16-13-9(2-1-3-12(13)15(20,21)22)10-6-8(7-23)4-5-11(10)14(17,18)19/h1-6H. The first-order valence-electron chi connectivity index (χ1n) is 6.03. The molecule has 8 heteroatoms. The summed E-state index contributed by atoms with van der Waals surface area (Å²) in [6.07, 6.45) is -9.61. The van der Waals surface area contributed by atoms with Crippen molar-refractivity contribution >= 4 is 11.6 Å². The van der Waals surface area contributed by atoms with E-state index in [-0.39, 0.29) is 5.56 Å². The maximum atomic E-state index is 13.1. The Balaban J connectivity index is 2.79. The third-order valence-electron chi connectivity index (χ3n) is 3.05. The lowest BCUT2D eigenvalue weighted by molar-refractivity contribution is -0.137. The molecule has 2 rings (SSSR count). The predicted molar refractivity (Wildman–Crippen MR) is 71.6 cm³/mol. The summed E-state index contributed by atoms with van der Waals surface area (Å²) in [6, 6.07) is 6.77. The third kappa shape index (κ3) is 3.42. The summed E-state index contributed by atoms with van der Waals surface area (Å²) >= 11 is 5.68. The van der Waals surface area contributed by atoms with Crippen LogP contribution < -0.4 is 0 Å². The van der Waals surface area contributed by atoms with Gasteiger partial charge < -0.3 is 0 Å². The Morgan fingerprint density at radius 3 is 1.96 bits per heavy atom. The largest absolute Gasteiger partial charge is 0.417 e. The molecular weight excluding hydrogens is 344 g/mol. The number of nitrogens with zero attached hydrogens (tertiary/aromatic N) is 1. The second-order valence-corrected chi connectivity index (χ2v) is 4.91. The Kier molecular flexibility index (Phi) is 4.31. The lowest BCUT2D eigenvalue weighted by Gasteiger charge is -2.17. The van der Waals surface area contributed by atoms with Gasteiger partial charge in [-0.05, 0) is 29.8 Å². The summed E-state index contributed by atoms with van der Waals surface area (Å²) in [5.41, 5.74) is -3.55. The maximum absolute atomic E-state index is 13.1. The topological polar surface area (TPSA) is 23.8 Å². The second kappa shape index (κ2) is 5.78. The summed E-state index contributed by atoms with van der Waals surface area (Å²) < 4.78 is 77.9. The molecule has 0 bridgehead atoms. The molecule has 0 saturated carbocycles. The highest BCUT2D eigenvalue weighted by Crippen LogP contribution is 2.43. The Morgan fingerprint density at radius 1 is 0.826 bits per heavy atom. The van der Waals surface area contributed by atoms with Crippen LogP contribution in [0.15, 0.2) is 36.4 Å². The number of rotatable bonds is 1. The highest BCUT2D eigenvalue weighted by molar-refractivity contribution is 6.34. The minimum Gasteiger partial charge on any atom is -0.192 e. The molecule has 0 aliphatic rings. The van der Waals surface area contributed by atoms with Gasteiger partial charge in [0.2, 0.25) is 0 Å². The van der Waals surface area contributed by atoms with Gasteiger partial charge in [-0.15, -0.1) is 0 Å². The SMILES string of the molecule is N#Cc1ccc(C(F)(F)F)c(-c2cccc(C(F)(F)F)c2Cl)c1. The van der Waals surface area contributed by atoms with Crippen molar-refractivity contribution in [3.63, 3.8) is 0 Å². The minimum atomic E-state index is -4.81. The van der Waals surface area contributed by atoms with Crippen LogP contribution in [-0.4, -0.2) is 0 Å². The molecule has 0 N–H and O–H groups in total. The number of halogens is 7. The van der Waals surface area contributed by atoms with Crippen LogP contribution in [-0.2, 0) is 12.4 Å². The summed E-state index contributed by atoms with van der Waals surface area (Å²) in [4.78, 5) is 0. The molecule has 2 aromatic rings. The van der Waals surface area contributed by atoms with Gasteiger partial charge in [-0.2, -0.15) is 31.6 Å². The first-order chi connectivity index (χ1) is 10.6. The zero-order valence-corrected chi connectivity index (χ0v) is 11.8. The van der Waals surface area contributed by atoms with Gasteiger partial charge in [0.15, 0.2) is 0 Å². The first-order valence-corrected chi connectivity index (χ1v) is 6.41. The van der Waals surface area contributed by atoms with Crippen molar-refractivity contribution < 1.29 is 26.3 Å². The smallest absolute Gasteiger partial charge is 0.192 e. The molecule has 0 fully saturated rings. The van der Waals surface area contributed by atoms with Crippen LogP contribution in [0.1, 0.15) is 16.7 Å². The zero-order chi connectivity index (χ0) is 17.4. The van der Waals surface area contributed by atoms with Crippen LogP contribution in [0.3, 0.4) is 0 Å². The van der Waals surface area contributed by atoms with Crippen molar-refractivity contribution in [1.82, 2.24) is 0 Å². The number of hydrogen-bond acceptors (Lipinski definition) is 1. The number of alkyl halides is 6. The van der Waals surface area contributed by atoms with Crippen molar-refractivity contribution in [2.75, 3.05) is 0 Å². The fourth-order valence-corrected chi connectivity index (χ4v) is 2.38. The van der Waals surface area contributed by atoms with Crippen molar-refractivity contribution in [3.8, 4) is 17.2 Å². The number of hydrogen-bond donors (Lipinski definition) is 0. The molecule has 23 heavy (non-hydrogen) atoms. The van der Waals surface area contributed by atoms with Gasteiger partial charge in [0, 0.05) is 5.56 Å². The average molecular weight is 350 g/mol. The molecule has 0 atom stereocenters. The van der Waals surface area contributed by atoms with Gasteiger partial charge in [-0.1, -0.05) is 23.7 Å². The monoisotopic (exact) mass is 349 g/mol. The summed E-state index contributed by atoms with van der Waals surface area (Å²) in [5, 5.41) is 7.96. The Labute approximate surface area is 131 Å². The van der Waals surface area contributed by atoms with E-state index < -0.39 is 39.6 Å². The van der Waals surface area contributed by atoms with Crippen LogP contribution in [0.4, 0.5) is 26.3 Å². The first kappa shape index (κ1) is 17.2. The lowest BCUT2D eigenvalue weighted by Crippen LogP contribution is -2.09. The molecule has 0 saturated heterocycles. The molecule has 120 valence electrons. The fourth-order valence-electron chi connectivity index (χ4n) is 2.04. The molecule has 0 amide bonds. The summed E-state index contributed by atoms with van der Waals surface area (Å²) in [6.45, 7) is 0. The van der Waals surface area contributed by atoms with E-state index in [2.05, 4.69) is 0 Å². The molecule has 0 heterocycles. The zero-order valence-electron chi connectivity index (χ0n) is 11.1.